The maximum atomic E-state index is 9.54. The summed E-state index contributed by atoms with van der Waals surface area (Å²) in [5.74, 6) is 2.32. The minimum Gasteiger partial charge on any atom is -0.492 e. The number of hydrogen-bond donors (Lipinski definition) is 2. The molecule has 2 heterocycles. The summed E-state index contributed by atoms with van der Waals surface area (Å²) in [6.45, 7) is 5.38. The highest BCUT2D eigenvalue weighted by atomic mass is 35.5. The first-order valence-corrected chi connectivity index (χ1v) is 17.6. The molecule has 10 heteroatoms. The van der Waals surface area contributed by atoms with Crippen molar-refractivity contribution in [3.05, 3.63) is 105 Å². The van der Waals surface area contributed by atoms with Crippen LogP contribution >= 0.6 is 23.2 Å². The van der Waals surface area contributed by atoms with Crippen molar-refractivity contribution in [2.24, 2.45) is 5.92 Å². The highest BCUT2D eigenvalue weighted by molar-refractivity contribution is 6.35. The van der Waals surface area contributed by atoms with E-state index in [-0.39, 0.29) is 25.4 Å². The molecule has 1 saturated heterocycles. The number of piperidine rings is 1. The third-order valence-corrected chi connectivity index (χ3v) is 9.97. The number of aromatic nitrogens is 1. The van der Waals surface area contributed by atoms with E-state index in [1.807, 2.05) is 37.3 Å². The van der Waals surface area contributed by atoms with E-state index < -0.39 is 0 Å². The van der Waals surface area contributed by atoms with E-state index in [1.165, 1.54) is 24.6 Å². The number of nitriles is 1. The number of benzene rings is 3. The number of fused-ring (bicyclic) bond motifs is 1. The van der Waals surface area contributed by atoms with Crippen LogP contribution in [0.3, 0.4) is 0 Å². The molecule has 256 valence electrons. The Morgan fingerprint density at radius 3 is 2.69 bits per heavy atom. The molecule has 0 radical (unpaired) electrons. The van der Waals surface area contributed by atoms with Gasteiger partial charge < -0.3 is 29.5 Å². The van der Waals surface area contributed by atoms with Crippen LogP contribution in [0, 0.1) is 17.2 Å². The Kier molecular flexibility index (Phi) is 11.6. The maximum absolute atomic E-state index is 9.54. The summed E-state index contributed by atoms with van der Waals surface area (Å²) in [6.07, 6.45) is 6.96. The SMILES string of the molecule is C[C@H](CO)NCc1cc(Cl)c(O[C@@H]2CCc3c(-c4cccc(OC[C@@H]5CCCN(C)C5)c4Cl)cccc32)cc1OCc1cncc(C#N)c1. The lowest BCUT2D eigenvalue weighted by atomic mass is 9.96. The molecule has 6 rings (SSSR count). The van der Waals surface area contributed by atoms with Gasteiger partial charge in [0.1, 0.15) is 36.0 Å². The highest BCUT2D eigenvalue weighted by Crippen LogP contribution is 2.45. The van der Waals surface area contributed by atoms with Crippen LogP contribution in [0.15, 0.2) is 67.0 Å². The summed E-state index contributed by atoms with van der Waals surface area (Å²) in [5.41, 5.74) is 6.40. The highest BCUT2D eigenvalue weighted by Gasteiger charge is 2.29. The molecule has 1 aliphatic heterocycles. The Morgan fingerprint density at radius 1 is 1.04 bits per heavy atom. The van der Waals surface area contributed by atoms with Crippen LogP contribution < -0.4 is 19.5 Å². The molecule has 0 bridgehead atoms. The summed E-state index contributed by atoms with van der Waals surface area (Å²) in [7, 11) is 2.16. The molecular weight excluding hydrogens is 659 g/mol. The van der Waals surface area contributed by atoms with Crippen molar-refractivity contribution < 1.29 is 19.3 Å². The van der Waals surface area contributed by atoms with Crippen molar-refractivity contribution in [3.63, 3.8) is 0 Å². The molecule has 1 fully saturated rings. The van der Waals surface area contributed by atoms with E-state index in [9.17, 15) is 10.4 Å². The Balaban J connectivity index is 1.22. The molecule has 4 aromatic rings. The molecule has 3 aromatic carbocycles. The van der Waals surface area contributed by atoms with Gasteiger partial charge in [-0.2, -0.15) is 5.26 Å². The van der Waals surface area contributed by atoms with E-state index in [4.69, 9.17) is 37.4 Å². The fourth-order valence-corrected chi connectivity index (χ4v) is 7.18. The lowest BCUT2D eigenvalue weighted by Gasteiger charge is -2.29. The van der Waals surface area contributed by atoms with Crippen LogP contribution in [0.1, 0.15) is 60.1 Å². The molecule has 0 amide bonds. The van der Waals surface area contributed by atoms with Crippen LogP contribution in [0.5, 0.6) is 17.2 Å². The van der Waals surface area contributed by atoms with Crippen molar-refractivity contribution in [2.45, 2.75) is 57.9 Å². The van der Waals surface area contributed by atoms with Gasteiger partial charge in [0.2, 0.25) is 0 Å². The molecular formula is C39H42Cl2N4O4. The largest absolute Gasteiger partial charge is 0.492 e. The summed E-state index contributed by atoms with van der Waals surface area (Å²) in [5, 5.41) is 23.2. The average Bonchev–Trinajstić information content (AvgIpc) is 3.53. The normalized spacial score (nSPS) is 18.0. The van der Waals surface area contributed by atoms with Crippen LogP contribution in [-0.2, 0) is 19.6 Å². The minimum absolute atomic E-state index is 0.00161. The van der Waals surface area contributed by atoms with E-state index in [2.05, 4.69) is 46.5 Å². The van der Waals surface area contributed by atoms with Crippen LogP contribution in [0.25, 0.3) is 11.1 Å². The second-order valence-electron chi connectivity index (χ2n) is 13.1. The number of hydrogen-bond acceptors (Lipinski definition) is 8. The van der Waals surface area contributed by atoms with Gasteiger partial charge in [-0.05, 0) is 81.1 Å². The van der Waals surface area contributed by atoms with Gasteiger partial charge in [-0.1, -0.05) is 53.5 Å². The molecule has 1 aromatic heterocycles. The molecule has 3 atom stereocenters. The third-order valence-electron chi connectivity index (χ3n) is 9.28. The first-order valence-electron chi connectivity index (χ1n) is 16.8. The number of ether oxygens (including phenoxy) is 3. The van der Waals surface area contributed by atoms with Crippen molar-refractivity contribution in [1.29, 1.82) is 5.26 Å². The van der Waals surface area contributed by atoms with Gasteiger partial charge in [0.25, 0.3) is 0 Å². The monoisotopic (exact) mass is 700 g/mol. The summed E-state index contributed by atoms with van der Waals surface area (Å²) in [6, 6.07) is 19.7. The van der Waals surface area contributed by atoms with Gasteiger partial charge in [0.15, 0.2) is 0 Å². The summed E-state index contributed by atoms with van der Waals surface area (Å²) >= 11 is 13.9. The molecule has 1 aliphatic carbocycles. The van der Waals surface area contributed by atoms with Crippen LogP contribution in [0.2, 0.25) is 10.0 Å². The zero-order valence-corrected chi connectivity index (χ0v) is 29.4. The van der Waals surface area contributed by atoms with Gasteiger partial charge in [-0.25, -0.2) is 0 Å². The van der Waals surface area contributed by atoms with E-state index in [0.29, 0.717) is 51.9 Å². The molecule has 8 nitrogen and oxygen atoms in total. The lowest BCUT2D eigenvalue weighted by molar-refractivity contribution is 0.150. The van der Waals surface area contributed by atoms with Crippen LogP contribution in [0.4, 0.5) is 0 Å². The van der Waals surface area contributed by atoms with Gasteiger partial charge in [0, 0.05) is 60.2 Å². The zero-order valence-electron chi connectivity index (χ0n) is 27.9. The zero-order chi connectivity index (χ0) is 34.3. The third kappa shape index (κ3) is 8.49. The number of rotatable bonds is 13. The van der Waals surface area contributed by atoms with Crippen molar-refractivity contribution in [2.75, 3.05) is 33.4 Å². The number of pyridine rings is 1. The number of aliphatic hydroxyl groups is 1. The Morgan fingerprint density at radius 2 is 1.88 bits per heavy atom. The fraction of sp³-hybridized carbons (Fsp3) is 0.385. The first-order chi connectivity index (χ1) is 23.8. The lowest BCUT2D eigenvalue weighted by Crippen LogP contribution is -2.34. The number of aliphatic hydroxyl groups excluding tert-OH is 1. The minimum atomic E-state index is -0.211. The predicted octanol–water partition coefficient (Wildman–Crippen LogP) is 7.76. The summed E-state index contributed by atoms with van der Waals surface area (Å²) < 4.78 is 19.2. The van der Waals surface area contributed by atoms with Gasteiger partial charge in [0.05, 0.1) is 28.8 Å². The van der Waals surface area contributed by atoms with Crippen molar-refractivity contribution in [3.8, 4) is 34.4 Å². The predicted molar refractivity (Wildman–Crippen MR) is 192 cm³/mol. The summed E-state index contributed by atoms with van der Waals surface area (Å²) in [4.78, 5) is 6.51. The van der Waals surface area contributed by atoms with Crippen LogP contribution in [-0.4, -0.2) is 54.4 Å². The second-order valence-corrected chi connectivity index (χ2v) is 13.8. The number of halogens is 2. The molecule has 0 spiro atoms. The molecule has 0 saturated carbocycles. The Labute approximate surface area is 298 Å². The standard InChI is InChI=1S/C39H42Cl2N4O4/c1-25(22-46)44-20-29-15-34(40)38(16-37(29)48-24-28-14-27(17-42)18-43-19-28)49-35-12-11-31-30(7-3-8-32(31)35)33-9-4-10-36(39(33)41)47-23-26-6-5-13-45(2)21-26/h3-4,7-10,14-16,18-19,25-26,35,44,46H,5-6,11-13,20-24H2,1-2H3/t25-,26-,35-/m1/s1. The smallest absolute Gasteiger partial charge is 0.142 e. The van der Waals surface area contributed by atoms with Crippen molar-refractivity contribution >= 4 is 23.2 Å². The van der Waals surface area contributed by atoms with Gasteiger partial charge in [-0.3, -0.25) is 4.98 Å². The first kappa shape index (κ1) is 35.0. The second kappa shape index (κ2) is 16.2. The van der Waals surface area contributed by atoms with E-state index in [1.54, 1.807) is 12.3 Å². The quantitative estimate of drug-likeness (QED) is 0.146. The molecule has 2 aliphatic rings. The number of nitrogens with zero attached hydrogens (tertiary/aromatic N) is 3. The van der Waals surface area contributed by atoms with Crippen molar-refractivity contribution in [1.82, 2.24) is 15.2 Å². The molecule has 2 N–H and O–H groups in total. The Hall–Kier alpha value is -3.84. The van der Waals surface area contributed by atoms with Gasteiger partial charge in [-0.15, -0.1) is 0 Å². The van der Waals surface area contributed by atoms with Gasteiger partial charge >= 0.3 is 0 Å². The molecule has 0 unspecified atom stereocenters. The Bertz CT molecular complexity index is 1810. The average molecular weight is 702 g/mol. The topological polar surface area (TPSA) is 99.9 Å². The fourth-order valence-electron chi connectivity index (χ4n) is 6.67. The maximum Gasteiger partial charge on any atom is 0.142 e. The van der Waals surface area contributed by atoms with E-state index >= 15 is 0 Å². The number of nitrogens with one attached hydrogen (secondary N) is 1. The van der Waals surface area contributed by atoms with E-state index in [0.717, 1.165) is 53.7 Å². The molecule has 49 heavy (non-hydrogen) atoms. The number of likely N-dealkylation sites (tertiary alicyclic amines) is 1.